The van der Waals surface area contributed by atoms with Gasteiger partial charge in [-0.3, -0.25) is 9.69 Å². The molecule has 1 amide bonds. The lowest BCUT2D eigenvalue weighted by atomic mass is 10.1. The van der Waals surface area contributed by atoms with Gasteiger partial charge >= 0.3 is 0 Å². The minimum atomic E-state index is -0.128. The van der Waals surface area contributed by atoms with E-state index in [2.05, 4.69) is 17.0 Å². The number of nitrogens with zero attached hydrogens (tertiary/aromatic N) is 2. The molecule has 0 aliphatic carbocycles. The van der Waals surface area contributed by atoms with Crippen LogP contribution in [0.3, 0.4) is 0 Å². The molecule has 2 fully saturated rings. The second-order valence-corrected chi connectivity index (χ2v) is 8.06. The predicted molar refractivity (Wildman–Crippen MR) is 118 cm³/mol. The summed E-state index contributed by atoms with van der Waals surface area (Å²) in [6.07, 6.45) is 1.89. The Kier molecular flexibility index (Phi) is 5.66. The van der Waals surface area contributed by atoms with Crippen molar-refractivity contribution in [1.29, 1.82) is 0 Å². The zero-order valence-corrected chi connectivity index (χ0v) is 17.1. The number of ether oxygens (including phenoxy) is 2. The summed E-state index contributed by atoms with van der Waals surface area (Å²) in [6.45, 7) is 3.31. The van der Waals surface area contributed by atoms with E-state index < -0.39 is 0 Å². The number of benzene rings is 2. The lowest BCUT2D eigenvalue weighted by Crippen LogP contribution is -2.36. The highest BCUT2D eigenvalue weighted by atomic mass is 32.2. The zero-order valence-electron chi connectivity index (χ0n) is 15.5. The van der Waals surface area contributed by atoms with Gasteiger partial charge in [-0.2, -0.15) is 0 Å². The van der Waals surface area contributed by atoms with E-state index in [0.29, 0.717) is 20.7 Å². The summed E-state index contributed by atoms with van der Waals surface area (Å²) in [5, 5.41) is 0. The Balaban J connectivity index is 1.55. The molecule has 5 nitrogen and oxygen atoms in total. The van der Waals surface area contributed by atoms with E-state index in [1.54, 1.807) is 7.11 Å². The zero-order chi connectivity index (χ0) is 19.5. The first-order valence-corrected chi connectivity index (χ1v) is 10.2. The number of hydrogen-bond acceptors (Lipinski definition) is 6. The smallest absolute Gasteiger partial charge is 0.270 e. The number of rotatable bonds is 4. The number of para-hydroxylation sites is 2. The summed E-state index contributed by atoms with van der Waals surface area (Å²) < 4.78 is 11.3. The van der Waals surface area contributed by atoms with Crippen molar-refractivity contribution in [1.82, 2.24) is 0 Å². The number of methoxy groups -OCH3 is 1. The Labute approximate surface area is 173 Å². The molecule has 2 aliphatic heterocycles. The van der Waals surface area contributed by atoms with E-state index in [9.17, 15) is 4.79 Å². The van der Waals surface area contributed by atoms with Crippen molar-refractivity contribution < 1.29 is 14.3 Å². The fraction of sp³-hybridized carbons (Fsp3) is 0.238. The molecule has 2 saturated heterocycles. The Hall–Kier alpha value is -2.35. The second kappa shape index (κ2) is 8.34. The van der Waals surface area contributed by atoms with Gasteiger partial charge < -0.3 is 14.4 Å². The molecule has 0 saturated carbocycles. The van der Waals surface area contributed by atoms with Crippen molar-refractivity contribution in [2.24, 2.45) is 0 Å². The molecule has 0 radical (unpaired) electrons. The number of carbonyl (C=O) groups excluding carboxylic acids is 1. The largest absolute Gasteiger partial charge is 0.495 e. The highest BCUT2D eigenvalue weighted by Crippen LogP contribution is 2.39. The van der Waals surface area contributed by atoms with Gasteiger partial charge in [0.2, 0.25) is 0 Å². The summed E-state index contributed by atoms with van der Waals surface area (Å²) >= 11 is 6.77. The Morgan fingerprint density at radius 3 is 2.54 bits per heavy atom. The van der Waals surface area contributed by atoms with E-state index in [-0.39, 0.29) is 5.91 Å². The van der Waals surface area contributed by atoms with Gasteiger partial charge in [0.05, 0.1) is 30.9 Å². The highest BCUT2D eigenvalue weighted by Gasteiger charge is 2.34. The fourth-order valence-corrected chi connectivity index (χ4v) is 4.53. The van der Waals surface area contributed by atoms with E-state index in [0.717, 1.165) is 31.9 Å². The lowest BCUT2D eigenvalue weighted by Gasteiger charge is -2.28. The van der Waals surface area contributed by atoms with E-state index in [1.165, 1.54) is 22.3 Å². The van der Waals surface area contributed by atoms with Gasteiger partial charge in [-0.15, -0.1) is 0 Å². The number of anilines is 2. The van der Waals surface area contributed by atoms with E-state index >= 15 is 0 Å². The van der Waals surface area contributed by atoms with Gasteiger partial charge in [-0.1, -0.05) is 48.2 Å². The van der Waals surface area contributed by atoms with Crippen LogP contribution < -0.4 is 14.5 Å². The van der Waals surface area contributed by atoms with Crippen LogP contribution in [0.1, 0.15) is 5.56 Å². The first-order valence-electron chi connectivity index (χ1n) is 9.01. The SMILES string of the molecule is COc1ccccc1N1C(=O)/C(=C\c2ccc(N3CCOCC3)cc2)SC1=S. The topological polar surface area (TPSA) is 42.0 Å². The third-order valence-corrected chi connectivity index (χ3v) is 5.99. The fourth-order valence-electron chi connectivity index (χ4n) is 3.24. The van der Waals surface area contributed by atoms with Gasteiger partial charge in [0.25, 0.3) is 5.91 Å². The van der Waals surface area contributed by atoms with Crippen LogP contribution in [0.15, 0.2) is 53.4 Å². The van der Waals surface area contributed by atoms with Crippen LogP contribution in [-0.4, -0.2) is 43.6 Å². The average Bonchev–Trinajstić information content (AvgIpc) is 3.02. The Morgan fingerprint density at radius 1 is 1.11 bits per heavy atom. The van der Waals surface area contributed by atoms with Crippen LogP contribution in [0, 0.1) is 0 Å². The standard InChI is InChI=1S/C21H20N2O3S2/c1-25-18-5-3-2-4-17(18)23-20(24)19(28-21(23)27)14-15-6-8-16(9-7-15)22-10-12-26-13-11-22/h2-9,14H,10-13H2,1H3/b19-14+. The minimum absolute atomic E-state index is 0.128. The summed E-state index contributed by atoms with van der Waals surface area (Å²) in [6, 6.07) is 15.6. The number of morpholine rings is 1. The molecule has 4 rings (SSSR count). The quantitative estimate of drug-likeness (QED) is 0.560. The van der Waals surface area contributed by atoms with E-state index in [1.807, 2.05) is 42.5 Å². The van der Waals surface area contributed by atoms with Gasteiger partial charge in [0.15, 0.2) is 4.32 Å². The van der Waals surface area contributed by atoms with Gasteiger partial charge in [0, 0.05) is 18.8 Å². The molecule has 2 aromatic carbocycles. The number of hydrogen-bond donors (Lipinski definition) is 0. The molecule has 0 atom stereocenters. The van der Waals surface area contributed by atoms with Crippen molar-refractivity contribution in [3.63, 3.8) is 0 Å². The predicted octanol–water partition coefficient (Wildman–Crippen LogP) is 3.94. The molecular weight excluding hydrogens is 392 g/mol. The molecule has 0 aromatic heterocycles. The molecule has 2 aliphatic rings. The number of carbonyl (C=O) groups is 1. The molecule has 2 heterocycles. The molecule has 0 bridgehead atoms. The van der Waals surface area contributed by atoms with Crippen molar-refractivity contribution in [2.75, 3.05) is 43.2 Å². The molecule has 7 heteroatoms. The van der Waals surface area contributed by atoms with Crippen molar-refractivity contribution in [3.8, 4) is 5.75 Å². The van der Waals surface area contributed by atoms with Crippen LogP contribution in [0.4, 0.5) is 11.4 Å². The van der Waals surface area contributed by atoms with Gasteiger partial charge in [-0.05, 0) is 35.9 Å². The number of thiocarbonyl (C=S) groups is 1. The third-order valence-electron chi connectivity index (χ3n) is 4.69. The van der Waals surface area contributed by atoms with Crippen LogP contribution in [-0.2, 0) is 9.53 Å². The maximum atomic E-state index is 13.0. The number of thioether (sulfide) groups is 1. The maximum Gasteiger partial charge on any atom is 0.270 e. The molecular formula is C21H20N2O3S2. The normalized spacial score (nSPS) is 18.8. The molecule has 28 heavy (non-hydrogen) atoms. The van der Waals surface area contributed by atoms with Gasteiger partial charge in [0.1, 0.15) is 5.75 Å². The van der Waals surface area contributed by atoms with Crippen LogP contribution in [0.2, 0.25) is 0 Å². The van der Waals surface area contributed by atoms with Crippen LogP contribution in [0.5, 0.6) is 5.75 Å². The van der Waals surface area contributed by atoms with Crippen LogP contribution in [0.25, 0.3) is 6.08 Å². The summed E-state index contributed by atoms with van der Waals surface area (Å²) in [5.41, 5.74) is 2.80. The summed E-state index contributed by atoms with van der Waals surface area (Å²) in [5.74, 6) is 0.492. The first kappa shape index (κ1) is 19.0. The number of amides is 1. The molecule has 144 valence electrons. The second-order valence-electron chi connectivity index (χ2n) is 6.38. The molecule has 2 aromatic rings. The summed E-state index contributed by atoms with van der Waals surface area (Å²) in [7, 11) is 1.59. The Bertz CT molecular complexity index is 922. The third kappa shape index (κ3) is 3.78. The highest BCUT2D eigenvalue weighted by molar-refractivity contribution is 8.27. The lowest BCUT2D eigenvalue weighted by molar-refractivity contribution is -0.113. The van der Waals surface area contributed by atoms with Crippen molar-refractivity contribution in [2.45, 2.75) is 0 Å². The Morgan fingerprint density at radius 2 is 1.82 bits per heavy atom. The minimum Gasteiger partial charge on any atom is -0.495 e. The molecule has 0 N–H and O–H groups in total. The van der Waals surface area contributed by atoms with E-state index in [4.69, 9.17) is 21.7 Å². The van der Waals surface area contributed by atoms with Crippen molar-refractivity contribution in [3.05, 3.63) is 59.0 Å². The maximum absolute atomic E-state index is 13.0. The monoisotopic (exact) mass is 412 g/mol. The van der Waals surface area contributed by atoms with Crippen LogP contribution >= 0.6 is 24.0 Å². The molecule has 0 unspecified atom stereocenters. The summed E-state index contributed by atoms with van der Waals surface area (Å²) in [4.78, 5) is 17.4. The molecule has 0 spiro atoms. The average molecular weight is 413 g/mol. The van der Waals surface area contributed by atoms with Gasteiger partial charge in [-0.25, -0.2) is 0 Å². The first-order chi connectivity index (χ1) is 13.7. The van der Waals surface area contributed by atoms with Crippen molar-refractivity contribution >= 4 is 51.7 Å².